The molecule has 4 rings (SSSR count). The van der Waals surface area contributed by atoms with Crippen molar-refractivity contribution < 1.29 is 39.4 Å². The summed E-state index contributed by atoms with van der Waals surface area (Å²) in [6.45, 7) is -0.357. The van der Waals surface area contributed by atoms with Crippen molar-refractivity contribution >= 4 is 27.8 Å². The molecule has 12 heteroatoms. The third kappa shape index (κ3) is 4.57. The van der Waals surface area contributed by atoms with Crippen molar-refractivity contribution in [2.75, 3.05) is 13.2 Å². The first-order chi connectivity index (χ1) is 15.9. The number of hydrogen-bond acceptors (Lipinski definition) is 8. The molecule has 0 bridgehead atoms. The van der Waals surface area contributed by atoms with Crippen LogP contribution >= 0.6 is 0 Å². The van der Waals surface area contributed by atoms with Gasteiger partial charge < -0.3 is 39.6 Å². The Hall–Kier alpha value is -3.38. The second kappa shape index (κ2) is 9.63. The molecular weight excluding hydrogens is 436 g/mol. The molecule has 0 spiro atoms. The highest BCUT2D eigenvalue weighted by Crippen LogP contribution is 2.33. The summed E-state index contributed by atoms with van der Waals surface area (Å²) in [4.78, 5) is 17.3. The lowest BCUT2D eigenvalue weighted by atomic mass is 9.99. The molecule has 1 saturated heterocycles. The van der Waals surface area contributed by atoms with Crippen LogP contribution in [-0.2, 0) is 14.3 Å². The Bertz CT molecular complexity index is 1190. The average Bonchev–Trinajstić information content (AvgIpc) is 3.20. The average molecular weight is 458 g/mol. The molecule has 3 aromatic rings. The second-order valence-electron chi connectivity index (χ2n) is 7.57. The molecular formula is C21H22N4O8. The van der Waals surface area contributed by atoms with E-state index in [-0.39, 0.29) is 13.2 Å². The van der Waals surface area contributed by atoms with E-state index in [1.165, 1.54) is 0 Å². The van der Waals surface area contributed by atoms with Gasteiger partial charge in [0.25, 0.3) is 0 Å². The summed E-state index contributed by atoms with van der Waals surface area (Å²) >= 11 is 0. The standard InChI is InChI=1S/C21H22N4O8/c22-25-23-8-10(32-21-18(28)16(26)17(27)19(33-21)20(29)30)9-31-14-7-3-6-13-15(14)11-4-1-2-5-12(11)24-13/h1-7,10,16-19,21,24,26-28H,8-9H2,(H,29,30)/t10?,16?,17-,18?,19?,21-/m1/s1. The van der Waals surface area contributed by atoms with Crippen molar-refractivity contribution in [1.29, 1.82) is 0 Å². The van der Waals surface area contributed by atoms with E-state index in [0.717, 1.165) is 21.8 Å². The quantitative estimate of drug-likeness (QED) is 0.189. The van der Waals surface area contributed by atoms with Gasteiger partial charge in [-0.05, 0) is 23.7 Å². The number of nitrogens with zero attached hydrogens (tertiary/aromatic N) is 3. The molecule has 12 nitrogen and oxygen atoms in total. The van der Waals surface area contributed by atoms with Gasteiger partial charge in [-0.1, -0.05) is 29.4 Å². The normalized spacial score (nSPS) is 26.1. The number of azide groups is 1. The highest BCUT2D eigenvalue weighted by molar-refractivity contribution is 6.10. The van der Waals surface area contributed by atoms with Gasteiger partial charge in [0, 0.05) is 21.2 Å². The molecule has 4 unspecified atom stereocenters. The number of hydrogen-bond donors (Lipinski definition) is 5. The van der Waals surface area contributed by atoms with Gasteiger partial charge in [-0.15, -0.1) is 0 Å². The van der Waals surface area contributed by atoms with E-state index in [1.54, 1.807) is 12.1 Å². The van der Waals surface area contributed by atoms with E-state index in [9.17, 15) is 25.2 Å². The Morgan fingerprint density at radius 3 is 2.64 bits per heavy atom. The molecule has 33 heavy (non-hydrogen) atoms. The Morgan fingerprint density at radius 2 is 1.88 bits per heavy atom. The third-order valence-electron chi connectivity index (χ3n) is 5.40. The zero-order valence-electron chi connectivity index (χ0n) is 17.2. The van der Waals surface area contributed by atoms with E-state index >= 15 is 0 Å². The van der Waals surface area contributed by atoms with E-state index in [1.807, 2.05) is 30.3 Å². The van der Waals surface area contributed by atoms with Gasteiger partial charge in [0.1, 0.15) is 36.8 Å². The molecule has 0 aliphatic carbocycles. The van der Waals surface area contributed by atoms with Crippen molar-refractivity contribution in [3.8, 4) is 5.75 Å². The molecule has 1 aliphatic rings. The highest BCUT2D eigenvalue weighted by atomic mass is 16.7. The number of nitrogens with one attached hydrogen (secondary N) is 1. The lowest BCUT2D eigenvalue weighted by Gasteiger charge is -2.39. The largest absolute Gasteiger partial charge is 0.490 e. The minimum absolute atomic E-state index is 0.138. The van der Waals surface area contributed by atoms with Gasteiger partial charge in [0.2, 0.25) is 0 Å². The molecule has 5 N–H and O–H groups in total. The maximum Gasteiger partial charge on any atom is 0.335 e. The van der Waals surface area contributed by atoms with Crippen LogP contribution in [0.4, 0.5) is 0 Å². The summed E-state index contributed by atoms with van der Waals surface area (Å²) in [5.41, 5.74) is 10.5. The second-order valence-corrected chi connectivity index (χ2v) is 7.57. The summed E-state index contributed by atoms with van der Waals surface area (Å²) < 4.78 is 16.7. The van der Waals surface area contributed by atoms with Crippen LogP contribution in [0.15, 0.2) is 47.6 Å². The zero-order chi connectivity index (χ0) is 23.5. The molecule has 0 amide bonds. The summed E-state index contributed by atoms with van der Waals surface area (Å²) in [5.74, 6) is -1.00. The fourth-order valence-electron chi connectivity index (χ4n) is 3.79. The molecule has 1 fully saturated rings. The number of aromatic amines is 1. The Kier molecular flexibility index (Phi) is 6.65. The molecule has 174 valence electrons. The number of aliphatic hydroxyl groups excluding tert-OH is 3. The molecule has 2 aromatic carbocycles. The zero-order valence-corrected chi connectivity index (χ0v) is 17.2. The number of aromatic nitrogens is 1. The molecule has 1 aliphatic heterocycles. The smallest absolute Gasteiger partial charge is 0.335 e. The summed E-state index contributed by atoms with van der Waals surface area (Å²) in [5, 5.41) is 44.5. The van der Waals surface area contributed by atoms with Crippen molar-refractivity contribution in [2.24, 2.45) is 5.11 Å². The number of rotatable bonds is 8. The SMILES string of the molecule is [N-]=[N+]=NCC(COc1cccc2[nH]c3ccccc3c12)O[C@@H]1OC(C(=O)O)[C@H](O)C(O)C1O. The van der Waals surface area contributed by atoms with Crippen molar-refractivity contribution in [2.45, 2.75) is 36.8 Å². The lowest BCUT2D eigenvalue weighted by molar-refractivity contribution is -0.304. The van der Waals surface area contributed by atoms with Crippen LogP contribution in [0.5, 0.6) is 5.75 Å². The van der Waals surface area contributed by atoms with Crippen molar-refractivity contribution in [3.05, 3.63) is 52.9 Å². The van der Waals surface area contributed by atoms with Crippen LogP contribution in [0.25, 0.3) is 32.2 Å². The number of para-hydroxylation sites is 1. The number of fused-ring (bicyclic) bond motifs is 3. The summed E-state index contributed by atoms with van der Waals surface area (Å²) in [7, 11) is 0. The first kappa shape index (κ1) is 22.8. The van der Waals surface area contributed by atoms with Gasteiger partial charge in [-0.2, -0.15) is 0 Å². The van der Waals surface area contributed by atoms with Crippen molar-refractivity contribution in [3.63, 3.8) is 0 Å². The van der Waals surface area contributed by atoms with Gasteiger partial charge >= 0.3 is 5.97 Å². The Balaban J connectivity index is 1.54. The number of benzene rings is 2. The highest BCUT2D eigenvalue weighted by Gasteiger charge is 2.48. The molecule has 2 heterocycles. The first-order valence-corrected chi connectivity index (χ1v) is 10.1. The predicted molar refractivity (Wildman–Crippen MR) is 115 cm³/mol. The van der Waals surface area contributed by atoms with Crippen LogP contribution in [0.2, 0.25) is 0 Å². The topological polar surface area (TPSA) is 190 Å². The first-order valence-electron chi connectivity index (χ1n) is 10.1. The van der Waals surface area contributed by atoms with E-state index in [4.69, 9.17) is 19.7 Å². The number of aliphatic carboxylic acids is 1. The van der Waals surface area contributed by atoms with Gasteiger partial charge in [0.05, 0.1) is 12.1 Å². The number of ether oxygens (including phenoxy) is 3. The van der Waals surface area contributed by atoms with Crippen LogP contribution in [0.3, 0.4) is 0 Å². The minimum Gasteiger partial charge on any atom is -0.490 e. The number of carboxylic acids is 1. The van der Waals surface area contributed by atoms with Crippen LogP contribution < -0.4 is 4.74 Å². The van der Waals surface area contributed by atoms with E-state index in [2.05, 4.69) is 15.0 Å². The predicted octanol–water partition coefficient (Wildman–Crippen LogP) is 1.29. The number of aliphatic hydroxyl groups is 3. The van der Waals surface area contributed by atoms with Gasteiger partial charge in [0.15, 0.2) is 12.4 Å². The monoisotopic (exact) mass is 458 g/mol. The Morgan fingerprint density at radius 1 is 1.12 bits per heavy atom. The maximum absolute atomic E-state index is 11.3. The minimum atomic E-state index is -1.84. The molecule has 0 saturated carbocycles. The number of carboxylic acid groups (broad SMARTS) is 1. The lowest BCUT2D eigenvalue weighted by Crippen LogP contribution is -2.61. The maximum atomic E-state index is 11.3. The molecule has 1 aromatic heterocycles. The van der Waals surface area contributed by atoms with E-state index in [0.29, 0.717) is 5.75 Å². The fraction of sp³-hybridized carbons (Fsp3) is 0.381. The molecule has 6 atom stereocenters. The van der Waals surface area contributed by atoms with E-state index < -0.39 is 42.8 Å². The Labute approximate surface area is 186 Å². The third-order valence-corrected chi connectivity index (χ3v) is 5.40. The summed E-state index contributed by atoms with van der Waals surface area (Å²) in [6, 6.07) is 13.2. The van der Waals surface area contributed by atoms with Gasteiger partial charge in [-0.3, -0.25) is 0 Å². The van der Waals surface area contributed by atoms with Gasteiger partial charge in [-0.25, -0.2) is 4.79 Å². The fourth-order valence-corrected chi connectivity index (χ4v) is 3.79. The summed E-state index contributed by atoms with van der Waals surface area (Å²) in [6.07, 6.45) is -9.76. The molecule has 0 radical (unpaired) electrons. The number of carbonyl (C=O) groups is 1. The number of H-pyrrole nitrogens is 1. The van der Waals surface area contributed by atoms with Crippen LogP contribution in [0, 0.1) is 0 Å². The van der Waals surface area contributed by atoms with Crippen molar-refractivity contribution in [1.82, 2.24) is 4.98 Å². The van der Waals surface area contributed by atoms with Crippen LogP contribution in [0.1, 0.15) is 0 Å². The van der Waals surface area contributed by atoms with Crippen LogP contribution in [-0.4, -0.2) is 81.3 Å².